The minimum Gasteiger partial charge on any atom is -0.385 e. The molecule has 198 valence electrons. The summed E-state index contributed by atoms with van der Waals surface area (Å²) in [4.78, 5) is 31.9. The van der Waals surface area contributed by atoms with Gasteiger partial charge in [-0.15, -0.1) is 0 Å². The normalized spacial score (nSPS) is 15.9. The van der Waals surface area contributed by atoms with Gasteiger partial charge >= 0.3 is 6.18 Å². The number of halogens is 3. The highest BCUT2D eigenvalue weighted by atomic mass is 19.4. The second kappa shape index (κ2) is 10.8. The molecule has 0 spiro atoms. The largest absolute Gasteiger partial charge is 0.417 e. The van der Waals surface area contributed by atoms with Crippen LogP contribution < -0.4 is 0 Å². The molecule has 0 amide bonds. The average Bonchev–Trinajstić information content (AvgIpc) is 3.44. The summed E-state index contributed by atoms with van der Waals surface area (Å²) < 4.78 is 38.8. The molecule has 6 nitrogen and oxygen atoms in total. The van der Waals surface area contributed by atoms with Gasteiger partial charge in [0.15, 0.2) is 11.9 Å². The molecule has 4 heterocycles. The molecule has 1 aliphatic rings. The van der Waals surface area contributed by atoms with Crippen molar-refractivity contribution in [2.75, 3.05) is 0 Å². The molecule has 0 unspecified atom stereocenters. The molecule has 0 N–H and O–H groups in total. The van der Waals surface area contributed by atoms with E-state index in [-0.39, 0.29) is 24.2 Å². The third-order valence-electron chi connectivity index (χ3n) is 6.59. The van der Waals surface area contributed by atoms with E-state index in [1.54, 1.807) is 31.5 Å². The number of oxime groups is 1. The SMILES string of the molecule is Cc1ccc(-c2cc(C(=O)C[C@H](C)c3ccc(C(F)(F)F)cn3)cc(C3=NO[C@H](c4ccccn4)C3)c2)nc1. The van der Waals surface area contributed by atoms with Crippen molar-refractivity contribution in [3.8, 4) is 11.3 Å². The lowest BCUT2D eigenvalue weighted by molar-refractivity contribution is -0.137. The molecule has 2 atom stereocenters. The monoisotopic (exact) mass is 530 g/mol. The van der Waals surface area contributed by atoms with Gasteiger partial charge < -0.3 is 4.84 Å². The summed E-state index contributed by atoms with van der Waals surface area (Å²) >= 11 is 0. The van der Waals surface area contributed by atoms with Crippen LogP contribution in [0.2, 0.25) is 0 Å². The van der Waals surface area contributed by atoms with Crippen molar-refractivity contribution in [1.82, 2.24) is 15.0 Å². The van der Waals surface area contributed by atoms with Gasteiger partial charge in [-0.1, -0.05) is 24.2 Å². The number of benzene rings is 1. The first-order valence-corrected chi connectivity index (χ1v) is 12.5. The van der Waals surface area contributed by atoms with E-state index in [1.807, 2.05) is 43.3 Å². The van der Waals surface area contributed by atoms with E-state index in [1.165, 1.54) is 6.07 Å². The number of ketones is 1. The zero-order valence-electron chi connectivity index (χ0n) is 21.3. The Balaban J connectivity index is 1.42. The molecule has 1 aromatic carbocycles. The minimum absolute atomic E-state index is 0.0715. The fraction of sp³-hybridized carbons (Fsp3) is 0.233. The summed E-state index contributed by atoms with van der Waals surface area (Å²) in [5, 5.41) is 4.29. The summed E-state index contributed by atoms with van der Waals surface area (Å²) in [7, 11) is 0. The highest BCUT2D eigenvalue weighted by Crippen LogP contribution is 2.32. The van der Waals surface area contributed by atoms with E-state index in [4.69, 9.17) is 4.84 Å². The fourth-order valence-electron chi connectivity index (χ4n) is 4.38. The number of aromatic nitrogens is 3. The van der Waals surface area contributed by atoms with Crippen LogP contribution >= 0.6 is 0 Å². The van der Waals surface area contributed by atoms with Crippen molar-refractivity contribution in [3.05, 3.63) is 113 Å². The molecule has 0 saturated heterocycles. The number of nitrogens with zero attached hydrogens (tertiary/aromatic N) is 4. The molecule has 1 aliphatic heterocycles. The highest BCUT2D eigenvalue weighted by Gasteiger charge is 2.31. The third-order valence-corrected chi connectivity index (χ3v) is 6.59. The number of carbonyl (C=O) groups is 1. The van der Waals surface area contributed by atoms with E-state index >= 15 is 0 Å². The Morgan fingerprint density at radius 2 is 1.82 bits per heavy atom. The van der Waals surface area contributed by atoms with Gasteiger partial charge in [-0.25, -0.2) is 0 Å². The smallest absolute Gasteiger partial charge is 0.385 e. The van der Waals surface area contributed by atoms with Crippen LogP contribution in [0.5, 0.6) is 0 Å². The molecule has 0 aliphatic carbocycles. The number of carbonyl (C=O) groups excluding carboxylic acids is 1. The standard InChI is InChI=1S/C30H25F3N4O2/c1-18-6-8-25(35-16-18)20-12-21(27-15-29(39-37-27)26-5-3-4-10-34-26)14-22(13-20)28(38)11-19(2)24-9-7-23(17-36-24)30(31,32)33/h3-10,12-14,16-17,19,29H,11,15H2,1-2H3/t19-,29-/m0/s1. The van der Waals surface area contributed by atoms with E-state index in [0.717, 1.165) is 34.6 Å². The summed E-state index contributed by atoms with van der Waals surface area (Å²) in [5.41, 5.74) is 4.69. The summed E-state index contributed by atoms with van der Waals surface area (Å²) in [6, 6.07) is 17.2. The van der Waals surface area contributed by atoms with Crippen molar-refractivity contribution >= 4 is 11.5 Å². The van der Waals surface area contributed by atoms with Gasteiger partial charge in [0.05, 0.1) is 22.7 Å². The zero-order valence-corrected chi connectivity index (χ0v) is 21.3. The lowest BCUT2D eigenvalue weighted by Crippen LogP contribution is -2.10. The van der Waals surface area contributed by atoms with Gasteiger partial charge in [0.1, 0.15) is 0 Å². The van der Waals surface area contributed by atoms with Gasteiger partial charge in [0.25, 0.3) is 0 Å². The quantitative estimate of drug-likeness (QED) is 0.238. The molecule has 0 bridgehead atoms. The molecule has 0 saturated carbocycles. The number of pyridine rings is 3. The number of Topliss-reactive ketones (excluding diaryl/α,β-unsaturated/α-hetero) is 1. The number of aryl methyl sites for hydroxylation is 1. The predicted octanol–water partition coefficient (Wildman–Crippen LogP) is 7.11. The molecule has 39 heavy (non-hydrogen) atoms. The Hall–Kier alpha value is -4.40. The van der Waals surface area contributed by atoms with Crippen LogP contribution in [0.25, 0.3) is 11.3 Å². The van der Waals surface area contributed by atoms with Crippen LogP contribution in [0.1, 0.15) is 70.2 Å². The van der Waals surface area contributed by atoms with E-state index in [0.29, 0.717) is 29.1 Å². The molecular formula is C30H25F3N4O2. The maximum Gasteiger partial charge on any atom is 0.417 e. The van der Waals surface area contributed by atoms with Crippen molar-refractivity contribution in [3.63, 3.8) is 0 Å². The van der Waals surface area contributed by atoms with Gasteiger partial charge in [0, 0.05) is 59.7 Å². The van der Waals surface area contributed by atoms with Gasteiger partial charge in [0.2, 0.25) is 0 Å². The lowest BCUT2D eigenvalue weighted by Gasteiger charge is -2.14. The zero-order chi connectivity index (χ0) is 27.6. The lowest BCUT2D eigenvalue weighted by atomic mass is 9.92. The average molecular weight is 531 g/mol. The molecule has 0 radical (unpaired) electrons. The molecule has 0 fully saturated rings. The van der Waals surface area contributed by atoms with Crippen molar-refractivity contribution < 1.29 is 22.8 Å². The van der Waals surface area contributed by atoms with Crippen molar-refractivity contribution in [2.45, 2.75) is 44.9 Å². The Bertz CT molecular complexity index is 1500. The number of alkyl halides is 3. The number of hydrogen-bond acceptors (Lipinski definition) is 6. The van der Waals surface area contributed by atoms with Crippen LogP contribution in [0, 0.1) is 6.92 Å². The Morgan fingerprint density at radius 3 is 2.49 bits per heavy atom. The predicted molar refractivity (Wildman–Crippen MR) is 140 cm³/mol. The van der Waals surface area contributed by atoms with Crippen LogP contribution in [0.15, 0.2) is 84.4 Å². The highest BCUT2D eigenvalue weighted by molar-refractivity contribution is 6.05. The van der Waals surface area contributed by atoms with Crippen LogP contribution in [0.3, 0.4) is 0 Å². The first-order chi connectivity index (χ1) is 18.7. The maximum atomic E-state index is 13.4. The Morgan fingerprint density at radius 1 is 1.00 bits per heavy atom. The number of rotatable bonds is 7. The van der Waals surface area contributed by atoms with Crippen LogP contribution in [-0.2, 0) is 11.0 Å². The Labute approximate surface area is 223 Å². The summed E-state index contributed by atoms with van der Waals surface area (Å²) in [5.74, 6) is -0.551. The number of hydrogen-bond donors (Lipinski definition) is 0. The molecule has 5 rings (SSSR count). The van der Waals surface area contributed by atoms with Gasteiger partial charge in [-0.3, -0.25) is 19.7 Å². The van der Waals surface area contributed by atoms with Crippen LogP contribution in [-0.4, -0.2) is 26.4 Å². The molecule has 4 aromatic rings. The first-order valence-electron chi connectivity index (χ1n) is 12.5. The van der Waals surface area contributed by atoms with Gasteiger partial charge in [-0.2, -0.15) is 13.2 Å². The second-order valence-corrected chi connectivity index (χ2v) is 9.61. The van der Waals surface area contributed by atoms with Crippen LogP contribution in [0.4, 0.5) is 13.2 Å². The third kappa shape index (κ3) is 6.03. The fourth-order valence-corrected chi connectivity index (χ4v) is 4.38. The Kier molecular flexibility index (Phi) is 7.24. The van der Waals surface area contributed by atoms with E-state index < -0.39 is 11.7 Å². The molecule has 3 aromatic heterocycles. The van der Waals surface area contributed by atoms with Crippen molar-refractivity contribution in [1.29, 1.82) is 0 Å². The van der Waals surface area contributed by atoms with Gasteiger partial charge in [-0.05, 0) is 61.0 Å². The summed E-state index contributed by atoms with van der Waals surface area (Å²) in [6.07, 6.45) is 0.0250. The topological polar surface area (TPSA) is 77.3 Å². The first kappa shape index (κ1) is 26.2. The van der Waals surface area contributed by atoms with E-state index in [2.05, 4.69) is 20.1 Å². The van der Waals surface area contributed by atoms with E-state index in [9.17, 15) is 18.0 Å². The minimum atomic E-state index is -4.46. The molecular weight excluding hydrogens is 505 g/mol. The van der Waals surface area contributed by atoms with Crippen molar-refractivity contribution in [2.24, 2.45) is 5.16 Å². The summed E-state index contributed by atoms with van der Waals surface area (Å²) in [6.45, 7) is 3.72. The second-order valence-electron chi connectivity index (χ2n) is 9.61. The molecule has 9 heteroatoms. The maximum absolute atomic E-state index is 13.4.